The zero-order chi connectivity index (χ0) is 22.4. The van der Waals surface area contributed by atoms with Gasteiger partial charge in [-0.2, -0.15) is 0 Å². The smallest absolute Gasteiger partial charge is 0.235 e. The Hall–Kier alpha value is -2.51. The summed E-state index contributed by atoms with van der Waals surface area (Å²) in [6.45, 7) is 6.70. The van der Waals surface area contributed by atoms with Gasteiger partial charge in [-0.05, 0) is 36.0 Å². The van der Waals surface area contributed by atoms with Gasteiger partial charge in [0.2, 0.25) is 5.91 Å². The van der Waals surface area contributed by atoms with E-state index in [4.69, 9.17) is 0 Å². The highest BCUT2D eigenvalue weighted by molar-refractivity contribution is 7.91. The first-order valence-corrected chi connectivity index (χ1v) is 13.0. The minimum Gasteiger partial charge on any atom is -0.355 e. The van der Waals surface area contributed by atoms with E-state index in [1.807, 2.05) is 43.3 Å². The lowest BCUT2D eigenvalue weighted by Gasteiger charge is -2.08. The Labute approximate surface area is 188 Å². The predicted octanol–water partition coefficient (Wildman–Crippen LogP) is 4.52. The molecule has 0 unspecified atom stereocenters. The number of nitrogens with zero attached hydrogens (tertiary/aromatic N) is 1. The van der Waals surface area contributed by atoms with Gasteiger partial charge in [0, 0.05) is 17.5 Å². The molecule has 164 valence electrons. The Morgan fingerprint density at radius 3 is 2.48 bits per heavy atom. The Balaban J connectivity index is 1.53. The van der Waals surface area contributed by atoms with Crippen molar-refractivity contribution in [2.45, 2.75) is 38.9 Å². The van der Waals surface area contributed by atoms with Crippen molar-refractivity contribution in [3.05, 3.63) is 76.3 Å². The van der Waals surface area contributed by atoms with Crippen LogP contribution in [-0.4, -0.2) is 31.6 Å². The first-order chi connectivity index (χ1) is 14.7. The third-order valence-corrected chi connectivity index (χ3v) is 7.45. The van der Waals surface area contributed by atoms with Gasteiger partial charge in [0.25, 0.3) is 0 Å². The fourth-order valence-corrected chi connectivity index (χ4v) is 5.40. The maximum absolute atomic E-state index is 12.5. The van der Waals surface area contributed by atoms with Gasteiger partial charge in [-0.1, -0.05) is 62.4 Å². The van der Waals surface area contributed by atoms with Gasteiger partial charge in [-0.3, -0.25) is 4.79 Å². The minimum atomic E-state index is -3.59. The fourth-order valence-electron chi connectivity index (χ4n) is 3.27. The van der Waals surface area contributed by atoms with Gasteiger partial charge >= 0.3 is 0 Å². The number of aryl methyl sites for hydroxylation is 1. The lowest BCUT2D eigenvalue weighted by atomic mass is 10.0. The molecule has 1 amide bonds. The lowest BCUT2D eigenvalue weighted by molar-refractivity contribution is -0.118. The highest BCUT2D eigenvalue weighted by Gasteiger charge is 2.19. The molecule has 0 fully saturated rings. The second kappa shape index (κ2) is 10.2. The number of carbonyl (C=O) groups excluding carboxylic acids is 1. The van der Waals surface area contributed by atoms with Crippen LogP contribution in [0.4, 0.5) is 0 Å². The number of nitrogens with one attached hydrogen (secondary N) is 1. The molecule has 0 aliphatic heterocycles. The van der Waals surface area contributed by atoms with Crippen molar-refractivity contribution in [1.82, 2.24) is 10.3 Å². The first kappa shape index (κ1) is 23.2. The van der Waals surface area contributed by atoms with E-state index in [0.29, 0.717) is 24.6 Å². The molecule has 0 saturated carbocycles. The molecule has 3 rings (SSSR count). The zero-order valence-electron chi connectivity index (χ0n) is 18.1. The topological polar surface area (TPSA) is 76.1 Å². The number of aromatic nitrogens is 1. The summed E-state index contributed by atoms with van der Waals surface area (Å²) in [7, 11) is -3.59. The fraction of sp³-hybridized carbons (Fsp3) is 0.333. The van der Waals surface area contributed by atoms with E-state index < -0.39 is 21.5 Å². The second-order valence-corrected chi connectivity index (χ2v) is 10.9. The molecule has 0 saturated heterocycles. The number of sulfone groups is 1. The summed E-state index contributed by atoms with van der Waals surface area (Å²) < 4.78 is 24.9. The molecular weight excluding hydrogens is 428 g/mol. The summed E-state index contributed by atoms with van der Waals surface area (Å²) >= 11 is 1.41. The van der Waals surface area contributed by atoms with Crippen LogP contribution in [0.3, 0.4) is 0 Å². The molecule has 0 spiro atoms. The molecule has 7 heteroatoms. The van der Waals surface area contributed by atoms with Crippen molar-refractivity contribution in [3.63, 3.8) is 0 Å². The summed E-state index contributed by atoms with van der Waals surface area (Å²) in [6.07, 6.45) is 0.670. The molecule has 1 heterocycles. The zero-order valence-corrected chi connectivity index (χ0v) is 19.7. The molecule has 5 nitrogen and oxygen atoms in total. The van der Waals surface area contributed by atoms with E-state index in [9.17, 15) is 13.2 Å². The van der Waals surface area contributed by atoms with Gasteiger partial charge in [0.1, 0.15) is 10.8 Å². The van der Waals surface area contributed by atoms with E-state index in [0.717, 1.165) is 21.7 Å². The van der Waals surface area contributed by atoms with Crippen molar-refractivity contribution in [3.8, 4) is 10.6 Å². The maximum atomic E-state index is 12.5. The molecule has 1 aromatic heterocycles. The van der Waals surface area contributed by atoms with Crippen molar-refractivity contribution in [1.29, 1.82) is 0 Å². The van der Waals surface area contributed by atoms with Crippen LogP contribution in [0.2, 0.25) is 0 Å². The summed E-state index contributed by atoms with van der Waals surface area (Å²) in [4.78, 5) is 16.6. The first-order valence-electron chi connectivity index (χ1n) is 10.3. The Morgan fingerprint density at radius 2 is 1.81 bits per heavy atom. The van der Waals surface area contributed by atoms with E-state index in [1.165, 1.54) is 16.9 Å². The third kappa shape index (κ3) is 6.74. The van der Waals surface area contributed by atoms with Crippen LogP contribution < -0.4 is 5.32 Å². The van der Waals surface area contributed by atoms with Crippen LogP contribution in [0.25, 0.3) is 10.6 Å². The number of amides is 1. The minimum absolute atomic E-state index is 0.237. The van der Waals surface area contributed by atoms with Gasteiger partial charge in [0.05, 0.1) is 11.4 Å². The van der Waals surface area contributed by atoms with E-state index in [-0.39, 0.29) is 5.75 Å². The molecule has 0 atom stereocenters. The standard InChI is InChI=1S/C24H28N2O3S2/c1-17(2)19-8-10-21(11-9-19)24-26-22(14-30-24)15-31(28,29)16-23(27)25-13-12-20-7-5-4-6-18(20)3/h4-11,14,17H,12-13,15-16H2,1-3H3,(H,25,27). The van der Waals surface area contributed by atoms with Gasteiger partial charge < -0.3 is 5.32 Å². The van der Waals surface area contributed by atoms with Gasteiger partial charge in [0.15, 0.2) is 9.84 Å². The second-order valence-electron chi connectivity index (χ2n) is 7.98. The van der Waals surface area contributed by atoms with Crippen LogP contribution >= 0.6 is 11.3 Å². The van der Waals surface area contributed by atoms with Gasteiger partial charge in [-0.25, -0.2) is 13.4 Å². The van der Waals surface area contributed by atoms with E-state index >= 15 is 0 Å². The monoisotopic (exact) mass is 456 g/mol. The SMILES string of the molecule is Cc1ccccc1CCNC(=O)CS(=O)(=O)Cc1csc(-c2ccc(C(C)C)cc2)n1. The summed E-state index contributed by atoms with van der Waals surface area (Å²) in [5.74, 6) is -0.794. The summed E-state index contributed by atoms with van der Waals surface area (Å²) in [5.41, 5.74) is 4.98. The van der Waals surface area contributed by atoms with Crippen LogP contribution in [-0.2, 0) is 26.8 Å². The normalized spacial score (nSPS) is 11.6. The average molecular weight is 457 g/mol. The molecule has 0 bridgehead atoms. The van der Waals surface area contributed by atoms with Gasteiger partial charge in [-0.15, -0.1) is 11.3 Å². The summed E-state index contributed by atoms with van der Waals surface area (Å²) in [5, 5.41) is 5.24. The van der Waals surface area contributed by atoms with Crippen LogP contribution in [0.5, 0.6) is 0 Å². The number of benzene rings is 2. The predicted molar refractivity (Wildman–Crippen MR) is 127 cm³/mol. The molecule has 1 N–H and O–H groups in total. The van der Waals surface area contributed by atoms with Crippen molar-refractivity contribution < 1.29 is 13.2 Å². The van der Waals surface area contributed by atoms with Crippen molar-refractivity contribution in [2.24, 2.45) is 0 Å². The van der Waals surface area contributed by atoms with Crippen molar-refractivity contribution in [2.75, 3.05) is 12.3 Å². The maximum Gasteiger partial charge on any atom is 0.235 e. The molecule has 2 aromatic carbocycles. The largest absolute Gasteiger partial charge is 0.355 e. The number of thiazole rings is 1. The number of hydrogen-bond donors (Lipinski definition) is 1. The van der Waals surface area contributed by atoms with E-state index in [1.54, 1.807) is 5.38 Å². The Bertz CT molecular complexity index is 1130. The number of hydrogen-bond acceptors (Lipinski definition) is 5. The molecule has 0 aliphatic carbocycles. The van der Waals surface area contributed by atoms with Crippen molar-refractivity contribution >= 4 is 27.1 Å². The van der Waals surface area contributed by atoms with Crippen LogP contribution in [0.1, 0.15) is 42.1 Å². The number of carbonyl (C=O) groups is 1. The molecule has 0 radical (unpaired) electrons. The summed E-state index contributed by atoms with van der Waals surface area (Å²) in [6, 6.07) is 16.1. The molecule has 31 heavy (non-hydrogen) atoms. The number of rotatable bonds is 9. The molecule has 0 aliphatic rings. The highest BCUT2D eigenvalue weighted by Crippen LogP contribution is 2.26. The van der Waals surface area contributed by atoms with E-state index in [2.05, 4.69) is 36.3 Å². The Kier molecular flexibility index (Phi) is 7.62. The van der Waals surface area contributed by atoms with Crippen LogP contribution in [0.15, 0.2) is 53.9 Å². The third-order valence-electron chi connectivity index (χ3n) is 5.07. The Morgan fingerprint density at radius 1 is 1.10 bits per heavy atom. The highest BCUT2D eigenvalue weighted by atomic mass is 32.2. The molecule has 3 aromatic rings. The quantitative estimate of drug-likeness (QED) is 0.514. The molecular formula is C24H28N2O3S2. The van der Waals surface area contributed by atoms with Crippen LogP contribution in [0, 0.1) is 6.92 Å². The lowest BCUT2D eigenvalue weighted by Crippen LogP contribution is -2.32. The average Bonchev–Trinajstić information content (AvgIpc) is 3.16.